The number of carbonyl (C=O) groups is 1. The fraction of sp³-hybridized carbons (Fsp3) is 0.611. The zero-order valence-corrected chi connectivity index (χ0v) is 12.8. The van der Waals surface area contributed by atoms with Gasteiger partial charge in [0.15, 0.2) is 0 Å². The fourth-order valence-corrected chi connectivity index (χ4v) is 3.95. The van der Waals surface area contributed by atoms with Crippen LogP contribution in [0.2, 0.25) is 0 Å². The Morgan fingerprint density at radius 3 is 2.32 bits per heavy atom. The molecule has 3 atom stereocenters. The molecule has 0 N–H and O–H groups in total. The molecule has 1 heteroatoms. The Morgan fingerprint density at radius 1 is 1.37 bits per heavy atom. The predicted octanol–water partition coefficient (Wildman–Crippen LogP) is 5.19. The molecule has 2 aliphatic rings. The van der Waals surface area contributed by atoms with Gasteiger partial charge in [-0.15, -0.1) is 19.7 Å². The molecule has 2 fully saturated rings. The highest BCUT2D eigenvalue weighted by atomic mass is 16.1. The number of rotatable bonds is 1. The van der Waals surface area contributed by atoms with Gasteiger partial charge in [-0.25, -0.2) is 0 Å². The molecule has 0 aromatic heterocycles. The summed E-state index contributed by atoms with van der Waals surface area (Å²) in [5, 5.41) is 0. The van der Waals surface area contributed by atoms with E-state index in [2.05, 4.69) is 47.4 Å². The minimum atomic E-state index is -0.00231. The van der Waals surface area contributed by atoms with E-state index in [9.17, 15) is 4.79 Å². The first-order chi connectivity index (χ1) is 8.98. The molecule has 1 nitrogen and oxygen atoms in total. The van der Waals surface area contributed by atoms with Crippen LogP contribution in [0.3, 0.4) is 0 Å². The molecule has 2 aliphatic carbocycles. The van der Waals surface area contributed by atoms with E-state index in [0.29, 0.717) is 11.7 Å². The van der Waals surface area contributed by atoms with E-state index in [0.717, 1.165) is 32.1 Å². The van der Waals surface area contributed by atoms with Crippen LogP contribution in [0.15, 0.2) is 25.8 Å². The second-order valence-corrected chi connectivity index (χ2v) is 5.65. The van der Waals surface area contributed by atoms with Gasteiger partial charge >= 0.3 is 0 Å². The van der Waals surface area contributed by atoms with Gasteiger partial charge in [-0.2, -0.15) is 0 Å². The lowest BCUT2D eigenvalue weighted by molar-refractivity contribution is -0.140. The molecule has 19 heavy (non-hydrogen) atoms. The molecule has 0 aliphatic heterocycles. The molecule has 0 heterocycles. The average Bonchev–Trinajstić information content (AvgIpc) is 2.68. The number of fused-ring (bicyclic) bond motifs is 1. The maximum Gasteiger partial charge on any atom is 0.139 e. The van der Waals surface area contributed by atoms with Crippen LogP contribution in [-0.2, 0) is 4.79 Å². The van der Waals surface area contributed by atoms with Crippen LogP contribution in [-0.4, -0.2) is 5.78 Å². The molecule has 0 spiro atoms. The molecular formula is C18H30O. The molecule has 108 valence electrons. The third-order valence-electron chi connectivity index (χ3n) is 5.15. The van der Waals surface area contributed by atoms with Crippen molar-refractivity contribution in [2.75, 3.05) is 0 Å². The number of Topliss-reactive ketones (excluding diaryl/α,β-unsaturated/α-hetero) is 1. The van der Waals surface area contributed by atoms with Gasteiger partial charge in [0.25, 0.3) is 0 Å². The molecule has 0 bridgehead atoms. The van der Waals surface area contributed by atoms with Crippen molar-refractivity contribution in [2.24, 2.45) is 16.7 Å². The lowest BCUT2D eigenvalue weighted by Gasteiger charge is -2.48. The molecule has 2 radical (unpaired) electrons. The van der Waals surface area contributed by atoms with Crippen molar-refractivity contribution >= 4 is 5.78 Å². The average molecular weight is 262 g/mol. The Hall–Kier alpha value is -0.850. The zero-order valence-electron chi connectivity index (χ0n) is 12.8. The minimum absolute atomic E-state index is 0.00231. The van der Waals surface area contributed by atoms with E-state index in [4.69, 9.17) is 0 Å². The summed E-state index contributed by atoms with van der Waals surface area (Å²) < 4.78 is 0. The quantitative estimate of drug-likeness (QED) is 0.594. The lowest BCUT2D eigenvalue weighted by Crippen LogP contribution is -2.47. The third-order valence-corrected chi connectivity index (χ3v) is 5.15. The van der Waals surface area contributed by atoms with E-state index in [1.807, 2.05) is 0 Å². The molecule has 2 saturated carbocycles. The number of allylic oxidation sites excluding steroid dienone is 1. The van der Waals surface area contributed by atoms with Crippen molar-refractivity contribution < 1.29 is 4.79 Å². The summed E-state index contributed by atoms with van der Waals surface area (Å²) in [5.74, 6) is 1.02. The topological polar surface area (TPSA) is 17.1 Å². The van der Waals surface area contributed by atoms with E-state index in [1.165, 1.54) is 12.5 Å². The summed E-state index contributed by atoms with van der Waals surface area (Å²) in [6.45, 7) is 21.3. The van der Waals surface area contributed by atoms with Gasteiger partial charge in [0.2, 0.25) is 0 Å². The van der Waals surface area contributed by atoms with Crippen molar-refractivity contribution in [3.63, 3.8) is 0 Å². The normalized spacial score (nSPS) is 36.2. The number of hydrogen-bond acceptors (Lipinski definition) is 1. The van der Waals surface area contributed by atoms with Gasteiger partial charge in [-0.05, 0) is 57.3 Å². The van der Waals surface area contributed by atoms with Gasteiger partial charge in [-0.1, -0.05) is 19.9 Å². The van der Waals surface area contributed by atoms with E-state index >= 15 is 0 Å². The minimum Gasteiger partial charge on any atom is -0.299 e. The van der Waals surface area contributed by atoms with Crippen molar-refractivity contribution in [2.45, 2.75) is 52.4 Å². The van der Waals surface area contributed by atoms with Crippen LogP contribution in [0.25, 0.3) is 0 Å². The Labute approximate surface area is 120 Å². The Kier molecular flexibility index (Phi) is 7.33. The summed E-state index contributed by atoms with van der Waals surface area (Å²) in [6, 6.07) is 0. The maximum atomic E-state index is 12.2. The van der Waals surface area contributed by atoms with Gasteiger partial charge in [0, 0.05) is 11.8 Å². The van der Waals surface area contributed by atoms with Crippen LogP contribution in [0.4, 0.5) is 0 Å². The molecule has 0 amide bonds. The van der Waals surface area contributed by atoms with Crippen LogP contribution in [0.1, 0.15) is 52.4 Å². The maximum absolute atomic E-state index is 12.2. The molecule has 1 unspecified atom stereocenters. The molecule has 2 rings (SSSR count). The van der Waals surface area contributed by atoms with Crippen LogP contribution < -0.4 is 0 Å². The first kappa shape index (κ1) is 18.1. The fourth-order valence-electron chi connectivity index (χ4n) is 3.95. The molecule has 0 saturated heterocycles. The Bertz CT molecular complexity index is 307. The number of carbonyl (C=O) groups excluding carboxylic acids is 1. The molecule has 0 aromatic rings. The van der Waals surface area contributed by atoms with Crippen LogP contribution in [0, 0.1) is 30.6 Å². The summed E-state index contributed by atoms with van der Waals surface area (Å²) in [6.07, 6.45) is 7.87. The standard InChI is InChI=1S/C13H21O.C3H5.C2H4/c1-4-13-9-7-10(2)12(13,3)8-5-6-11(13)14;1-3-2;1-2/h10H,2,4-9H2,1,3H3;3H,1-2H2;1-2H2/t10?,12-,13+;;/m1../s1. The summed E-state index contributed by atoms with van der Waals surface area (Å²) >= 11 is 0. The van der Waals surface area contributed by atoms with Gasteiger partial charge in [0.1, 0.15) is 5.78 Å². The van der Waals surface area contributed by atoms with Crippen molar-refractivity contribution in [1.29, 1.82) is 0 Å². The van der Waals surface area contributed by atoms with E-state index in [1.54, 1.807) is 0 Å². The van der Waals surface area contributed by atoms with Crippen LogP contribution >= 0.6 is 0 Å². The summed E-state index contributed by atoms with van der Waals surface area (Å²) in [5.41, 5.74) is 0.203. The Morgan fingerprint density at radius 2 is 1.89 bits per heavy atom. The van der Waals surface area contributed by atoms with Crippen molar-refractivity contribution in [3.05, 3.63) is 39.7 Å². The highest BCUT2D eigenvalue weighted by Crippen LogP contribution is 2.63. The first-order valence-electron chi connectivity index (χ1n) is 7.25. The Balaban J connectivity index is 0.000000573. The largest absolute Gasteiger partial charge is 0.299 e. The molecular weight excluding hydrogens is 232 g/mol. The second kappa shape index (κ2) is 7.67. The van der Waals surface area contributed by atoms with Crippen molar-refractivity contribution in [1.82, 2.24) is 0 Å². The highest BCUT2D eigenvalue weighted by Gasteiger charge is 2.59. The lowest BCUT2D eigenvalue weighted by atomic mass is 9.55. The SMILES string of the molecule is C=C.[CH2]C1CC[C@@]2(CC)C(=O)CCC[C@]12C.[CH2]C=C. The highest BCUT2D eigenvalue weighted by molar-refractivity contribution is 5.87. The summed E-state index contributed by atoms with van der Waals surface area (Å²) in [4.78, 5) is 12.2. The zero-order chi connectivity index (χ0) is 15.1. The van der Waals surface area contributed by atoms with Crippen molar-refractivity contribution in [3.8, 4) is 0 Å². The van der Waals surface area contributed by atoms with E-state index < -0.39 is 0 Å². The number of hydrogen-bond donors (Lipinski definition) is 0. The van der Waals surface area contributed by atoms with Gasteiger partial charge < -0.3 is 0 Å². The van der Waals surface area contributed by atoms with Gasteiger partial charge in [-0.3, -0.25) is 4.79 Å². The van der Waals surface area contributed by atoms with Crippen LogP contribution in [0.5, 0.6) is 0 Å². The van der Waals surface area contributed by atoms with E-state index in [-0.39, 0.29) is 10.8 Å². The monoisotopic (exact) mass is 262 g/mol. The second-order valence-electron chi connectivity index (χ2n) is 5.65. The predicted molar refractivity (Wildman–Crippen MR) is 84.6 cm³/mol. The smallest absolute Gasteiger partial charge is 0.139 e. The van der Waals surface area contributed by atoms with Gasteiger partial charge in [0.05, 0.1) is 0 Å². The molecule has 0 aromatic carbocycles. The third kappa shape index (κ3) is 3.01. The first-order valence-corrected chi connectivity index (χ1v) is 7.25. The number of ketones is 1. The summed E-state index contributed by atoms with van der Waals surface area (Å²) in [7, 11) is 0.